The molecule has 1 aliphatic rings. The maximum absolute atomic E-state index is 12.6. The van der Waals surface area contributed by atoms with Crippen LogP contribution in [-0.4, -0.2) is 16.8 Å². The molecule has 1 N–H and O–H groups in total. The van der Waals surface area contributed by atoms with Gasteiger partial charge in [0.15, 0.2) is 0 Å². The summed E-state index contributed by atoms with van der Waals surface area (Å²) in [5.41, 5.74) is 1.94. The van der Waals surface area contributed by atoms with Crippen molar-refractivity contribution in [1.82, 2.24) is 10.2 Å². The van der Waals surface area contributed by atoms with Gasteiger partial charge in [0, 0.05) is 16.7 Å². The van der Waals surface area contributed by atoms with Crippen LogP contribution in [0.15, 0.2) is 76.8 Å². The second-order valence-electron chi connectivity index (χ2n) is 6.07. The third kappa shape index (κ3) is 3.64. The van der Waals surface area contributed by atoms with E-state index in [9.17, 15) is 9.59 Å². The number of nitrogens with zero attached hydrogens (tertiary/aromatic N) is 1. The molecule has 2 aromatic carbocycles. The van der Waals surface area contributed by atoms with Gasteiger partial charge in [0.1, 0.15) is 17.2 Å². The third-order valence-corrected chi connectivity index (χ3v) is 4.44. The number of nitrogens with one attached hydrogen (secondary N) is 1. The van der Waals surface area contributed by atoms with Gasteiger partial charge < -0.3 is 9.73 Å². The van der Waals surface area contributed by atoms with E-state index < -0.39 is 6.03 Å². The highest BCUT2D eigenvalue weighted by Crippen LogP contribution is 2.25. The fraction of sp³-hybridized carbons (Fsp3) is 0.0476. The lowest BCUT2D eigenvalue weighted by molar-refractivity contribution is -0.123. The largest absolute Gasteiger partial charge is 0.457 e. The van der Waals surface area contributed by atoms with Gasteiger partial charge in [-0.2, -0.15) is 0 Å². The fourth-order valence-electron chi connectivity index (χ4n) is 2.82. The molecule has 1 fully saturated rings. The van der Waals surface area contributed by atoms with Crippen LogP contribution in [0.5, 0.6) is 0 Å². The van der Waals surface area contributed by atoms with E-state index in [1.807, 2.05) is 42.5 Å². The lowest BCUT2D eigenvalue weighted by atomic mass is 10.2. The van der Waals surface area contributed by atoms with E-state index in [0.717, 1.165) is 11.1 Å². The predicted octanol–water partition coefficient (Wildman–Crippen LogP) is 4.69. The molecule has 0 saturated carbocycles. The second kappa shape index (κ2) is 7.13. The molecule has 0 spiro atoms. The number of rotatable bonds is 4. The highest BCUT2D eigenvalue weighted by Gasteiger charge is 2.33. The van der Waals surface area contributed by atoms with Crippen LogP contribution >= 0.6 is 11.6 Å². The zero-order chi connectivity index (χ0) is 18.8. The van der Waals surface area contributed by atoms with Gasteiger partial charge >= 0.3 is 6.03 Å². The SMILES string of the molecule is O=C1N/C(=C/c2ccc(-c3ccc(Cl)cc3)o2)C(=O)N1Cc1ccccc1. The van der Waals surface area contributed by atoms with Gasteiger partial charge in [0.25, 0.3) is 5.91 Å². The van der Waals surface area contributed by atoms with Crippen LogP contribution in [0.25, 0.3) is 17.4 Å². The highest BCUT2D eigenvalue weighted by atomic mass is 35.5. The Morgan fingerprint density at radius 1 is 0.963 bits per heavy atom. The molecular weight excluding hydrogens is 364 g/mol. The summed E-state index contributed by atoms with van der Waals surface area (Å²) in [5.74, 6) is 0.745. The topological polar surface area (TPSA) is 62.6 Å². The summed E-state index contributed by atoms with van der Waals surface area (Å²) < 4.78 is 5.77. The van der Waals surface area contributed by atoms with Gasteiger partial charge in [-0.3, -0.25) is 9.69 Å². The van der Waals surface area contributed by atoms with Gasteiger partial charge in [-0.25, -0.2) is 4.79 Å². The van der Waals surface area contributed by atoms with Crippen molar-refractivity contribution in [2.45, 2.75) is 6.54 Å². The quantitative estimate of drug-likeness (QED) is 0.529. The number of carbonyl (C=O) groups is 2. The molecule has 3 amide bonds. The molecule has 1 saturated heterocycles. The van der Waals surface area contributed by atoms with Crippen molar-refractivity contribution in [3.05, 3.63) is 88.8 Å². The van der Waals surface area contributed by atoms with E-state index in [2.05, 4.69) is 5.32 Å². The smallest absolute Gasteiger partial charge is 0.329 e. The molecule has 27 heavy (non-hydrogen) atoms. The standard InChI is InChI=1S/C21H15ClN2O3/c22-16-8-6-15(7-9-16)19-11-10-17(27-19)12-18-20(25)24(21(26)23-18)13-14-4-2-1-3-5-14/h1-12H,13H2,(H,23,26)/b18-12+. The van der Waals surface area contributed by atoms with Gasteiger partial charge in [-0.1, -0.05) is 41.9 Å². The Labute approximate surface area is 160 Å². The number of urea groups is 1. The molecule has 3 aromatic rings. The number of benzene rings is 2. The first-order valence-electron chi connectivity index (χ1n) is 8.34. The molecule has 0 bridgehead atoms. The summed E-state index contributed by atoms with van der Waals surface area (Å²) in [6, 6.07) is 19.7. The second-order valence-corrected chi connectivity index (χ2v) is 6.51. The van der Waals surface area contributed by atoms with Crippen molar-refractivity contribution in [3.8, 4) is 11.3 Å². The molecule has 5 nitrogen and oxygen atoms in total. The Morgan fingerprint density at radius 2 is 1.70 bits per heavy atom. The minimum atomic E-state index is -0.445. The summed E-state index contributed by atoms with van der Waals surface area (Å²) in [4.78, 5) is 25.9. The molecule has 0 unspecified atom stereocenters. The van der Waals surface area contributed by atoms with Crippen LogP contribution in [0.2, 0.25) is 5.02 Å². The van der Waals surface area contributed by atoms with Crippen LogP contribution in [0.4, 0.5) is 4.79 Å². The third-order valence-electron chi connectivity index (χ3n) is 4.19. The fourth-order valence-corrected chi connectivity index (χ4v) is 2.95. The highest BCUT2D eigenvalue weighted by molar-refractivity contribution is 6.30. The van der Waals surface area contributed by atoms with Crippen molar-refractivity contribution in [2.24, 2.45) is 0 Å². The molecule has 1 aromatic heterocycles. The first-order chi connectivity index (χ1) is 13.1. The van der Waals surface area contributed by atoms with Gasteiger partial charge in [-0.15, -0.1) is 0 Å². The lowest BCUT2D eigenvalue weighted by Gasteiger charge is -2.11. The summed E-state index contributed by atoms with van der Waals surface area (Å²) in [7, 11) is 0. The maximum Gasteiger partial charge on any atom is 0.329 e. The van der Waals surface area contributed by atoms with E-state index in [1.165, 1.54) is 11.0 Å². The zero-order valence-electron chi connectivity index (χ0n) is 14.2. The first-order valence-corrected chi connectivity index (χ1v) is 8.72. The molecule has 0 aliphatic carbocycles. The Morgan fingerprint density at radius 3 is 2.44 bits per heavy atom. The van der Waals surface area contributed by atoms with Crippen LogP contribution < -0.4 is 5.32 Å². The summed E-state index contributed by atoms with van der Waals surface area (Å²) in [6.07, 6.45) is 1.53. The molecule has 4 rings (SSSR count). The number of hydrogen-bond donors (Lipinski definition) is 1. The monoisotopic (exact) mass is 378 g/mol. The summed E-state index contributed by atoms with van der Waals surface area (Å²) in [5, 5.41) is 3.24. The van der Waals surface area contributed by atoms with Crippen molar-refractivity contribution in [1.29, 1.82) is 0 Å². The van der Waals surface area contributed by atoms with E-state index in [-0.39, 0.29) is 18.1 Å². The predicted molar refractivity (Wildman–Crippen MR) is 103 cm³/mol. The van der Waals surface area contributed by atoms with Crippen molar-refractivity contribution in [3.63, 3.8) is 0 Å². The Balaban J connectivity index is 1.53. The van der Waals surface area contributed by atoms with E-state index in [0.29, 0.717) is 16.5 Å². The average Bonchev–Trinajstić information content (AvgIpc) is 3.24. The van der Waals surface area contributed by atoms with E-state index >= 15 is 0 Å². The number of amides is 3. The van der Waals surface area contributed by atoms with Crippen molar-refractivity contribution < 1.29 is 14.0 Å². The Hall–Kier alpha value is -3.31. The average molecular weight is 379 g/mol. The van der Waals surface area contributed by atoms with Gasteiger partial charge in [0.2, 0.25) is 0 Å². The number of carbonyl (C=O) groups excluding carboxylic acids is 2. The maximum atomic E-state index is 12.6. The van der Waals surface area contributed by atoms with Crippen LogP contribution in [0, 0.1) is 0 Å². The van der Waals surface area contributed by atoms with Crippen LogP contribution in [-0.2, 0) is 11.3 Å². The van der Waals surface area contributed by atoms with Gasteiger partial charge in [-0.05, 0) is 42.0 Å². The normalized spacial score (nSPS) is 15.4. The molecule has 134 valence electrons. The van der Waals surface area contributed by atoms with Crippen LogP contribution in [0.3, 0.4) is 0 Å². The Kier molecular flexibility index (Phi) is 4.52. The zero-order valence-corrected chi connectivity index (χ0v) is 14.9. The van der Waals surface area contributed by atoms with Crippen molar-refractivity contribution in [2.75, 3.05) is 0 Å². The van der Waals surface area contributed by atoms with Gasteiger partial charge in [0.05, 0.1) is 6.54 Å². The number of hydrogen-bond acceptors (Lipinski definition) is 3. The minimum absolute atomic E-state index is 0.188. The van der Waals surface area contributed by atoms with Crippen molar-refractivity contribution >= 4 is 29.6 Å². The summed E-state index contributed by atoms with van der Waals surface area (Å²) >= 11 is 5.90. The Bertz CT molecular complexity index is 1020. The minimum Gasteiger partial charge on any atom is -0.457 e. The van der Waals surface area contributed by atoms with Crippen LogP contribution in [0.1, 0.15) is 11.3 Å². The molecular formula is C21H15ClN2O3. The number of furan rings is 1. The van der Waals surface area contributed by atoms with E-state index in [1.54, 1.807) is 24.3 Å². The molecule has 0 atom stereocenters. The number of halogens is 1. The molecule has 6 heteroatoms. The first kappa shape index (κ1) is 17.1. The lowest BCUT2D eigenvalue weighted by Crippen LogP contribution is -2.30. The summed E-state index contributed by atoms with van der Waals surface area (Å²) in [6.45, 7) is 0.219. The molecule has 1 aliphatic heterocycles. The molecule has 2 heterocycles. The van der Waals surface area contributed by atoms with E-state index in [4.69, 9.17) is 16.0 Å². The number of imide groups is 1. The molecule has 0 radical (unpaired) electrons.